The monoisotopic (exact) mass is 301 g/mol. The molecule has 0 radical (unpaired) electrons. The first kappa shape index (κ1) is 13.8. The number of amides is 2. The largest absolute Gasteiger partial charge is 0.326 e. The fraction of sp³-hybridized carbons (Fsp3) is 0.267. The van der Waals surface area contributed by atoms with E-state index in [0.29, 0.717) is 17.1 Å². The van der Waals surface area contributed by atoms with Crippen LogP contribution in [0.2, 0.25) is 0 Å². The van der Waals surface area contributed by atoms with Crippen molar-refractivity contribution in [1.82, 2.24) is 4.98 Å². The van der Waals surface area contributed by atoms with Gasteiger partial charge in [0, 0.05) is 34.7 Å². The minimum Gasteiger partial charge on any atom is -0.326 e. The second kappa shape index (κ2) is 4.96. The van der Waals surface area contributed by atoms with Crippen LogP contribution in [0.3, 0.4) is 0 Å². The van der Waals surface area contributed by atoms with Crippen molar-refractivity contribution in [2.45, 2.75) is 25.7 Å². The summed E-state index contributed by atoms with van der Waals surface area (Å²) in [5.41, 5.74) is 2.04. The topological polar surface area (TPSA) is 71.1 Å². The summed E-state index contributed by atoms with van der Waals surface area (Å²) in [5, 5.41) is 7.99. The average Bonchev–Trinajstić information content (AvgIpc) is 2.90. The molecule has 21 heavy (non-hydrogen) atoms. The Balaban J connectivity index is 1.92. The van der Waals surface area contributed by atoms with E-state index in [2.05, 4.69) is 15.6 Å². The van der Waals surface area contributed by atoms with Crippen molar-refractivity contribution in [3.05, 3.63) is 40.9 Å². The standard InChI is InChI=1S/C15H15N3O2S/c1-15(2)8-12(19)17-11-4-3-9(7-10(11)15)13(20)18-14-16-5-6-21-14/h3-7H,8H2,1-2H3,(H,17,19)(H,16,18,20). The number of aromatic nitrogens is 1. The second-order valence-electron chi connectivity index (χ2n) is 5.66. The molecule has 0 atom stereocenters. The number of rotatable bonds is 2. The molecule has 3 rings (SSSR count). The SMILES string of the molecule is CC1(C)CC(=O)Nc2ccc(C(=O)Nc3nccs3)cc21. The normalized spacial score (nSPS) is 16.0. The molecule has 0 saturated carbocycles. The van der Waals surface area contributed by atoms with Crippen molar-refractivity contribution in [3.63, 3.8) is 0 Å². The fourth-order valence-corrected chi connectivity index (χ4v) is 3.02. The van der Waals surface area contributed by atoms with Crippen LogP contribution >= 0.6 is 11.3 Å². The predicted molar refractivity (Wildman–Crippen MR) is 82.8 cm³/mol. The Labute approximate surface area is 126 Å². The Hall–Kier alpha value is -2.21. The molecular weight excluding hydrogens is 286 g/mol. The molecule has 0 aliphatic carbocycles. The Morgan fingerprint density at radius 2 is 2.24 bits per heavy atom. The molecule has 0 spiro atoms. The molecule has 5 nitrogen and oxygen atoms in total. The highest BCUT2D eigenvalue weighted by Crippen LogP contribution is 2.37. The Bertz CT molecular complexity index is 708. The van der Waals surface area contributed by atoms with Crippen molar-refractivity contribution >= 4 is 34.0 Å². The lowest BCUT2D eigenvalue weighted by Gasteiger charge is -2.32. The highest BCUT2D eigenvalue weighted by molar-refractivity contribution is 7.13. The lowest BCUT2D eigenvalue weighted by atomic mass is 9.77. The number of benzene rings is 1. The molecule has 0 unspecified atom stereocenters. The van der Waals surface area contributed by atoms with E-state index < -0.39 is 0 Å². The zero-order valence-corrected chi connectivity index (χ0v) is 12.6. The molecule has 1 aliphatic rings. The maximum Gasteiger partial charge on any atom is 0.257 e. The van der Waals surface area contributed by atoms with E-state index in [-0.39, 0.29) is 17.2 Å². The summed E-state index contributed by atoms with van der Waals surface area (Å²) < 4.78 is 0. The molecule has 1 aromatic heterocycles. The lowest BCUT2D eigenvalue weighted by Crippen LogP contribution is -2.32. The number of nitrogens with one attached hydrogen (secondary N) is 2. The zero-order chi connectivity index (χ0) is 15.0. The first-order chi connectivity index (χ1) is 9.95. The van der Waals surface area contributed by atoms with Crippen LogP contribution in [0.1, 0.15) is 36.2 Å². The molecule has 0 bridgehead atoms. The van der Waals surface area contributed by atoms with Crippen LogP contribution in [-0.4, -0.2) is 16.8 Å². The third-order valence-corrected chi connectivity index (χ3v) is 4.23. The van der Waals surface area contributed by atoms with Gasteiger partial charge in [0.1, 0.15) is 0 Å². The van der Waals surface area contributed by atoms with E-state index in [1.165, 1.54) is 11.3 Å². The van der Waals surface area contributed by atoms with E-state index in [1.807, 2.05) is 19.9 Å². The highest BCUT2D eigenvalue weighted by Gasteiger charge is 2.32. The summed E-state index contributed by atoms with van der Waals surface area (Å²) in [5.74, 6) is -0.187. The van der Waals surface area contributed by atoms with Gasteiger partial charge in [0.05, 0.1) is 0 Å². The summed E-state index contributed by atoms with van der Waals surface area (Å²) in [4.78, 5) is 28.0. The summed E-state index contributed by atoms with van der Waals surface area (Å²) >= 11 is 1.37. The molecule has 108 valence electrons. The second-order valence-corrected chi connectivity index (χ2v) is 6.56. The van der Waals surface area contributed by atoms with Gasteiger partial charge in [-0.05, 0) is 23.8 Å². The number of carbonyl (C=O) groups is 2. The third-order valence-electron chi connectivity index (χ3n) is 3.54. The Morgan fingerprint density at radius 1 is 1.43 bits per heavy atom. The number of nitrogens with zero attached hydrogens (tertiary/aromatic N) is 1. The smallest absolute Gasteiger partial charge is 0.257 e. The van der Waals surface area contributed by atoms with Gasteiger partial charge >= 0.3 is 0 Å². The van der Waals surface area contributed by atoms with Crippen LogP contribution in [0.15, 0.2) is 29.8 Å². The molecule has 2 N–H and O–H groups in total. The minimum atomic E-state index is -0.283. The molecule has 2 aromatic rings. The van der Waals surface area contributed by atoms with E-state index in [9.17, 15) is 9.59 Å². The van der Waals surface area contributed by atoms with Gasteiger partial charge < -0.3 is 5.32 Å². The number of fused-ring (bicyclic) bond motifs is 1. The highest BCUT2D eigenvalue weighted by atomic mass is 32.1. The number of thiazole rings is 1. The minimum absolute atomic E-state index is 0.00693. The van der Waals surface area contributed by atoms with Crippen LogP contribution in [-0.2, 0) is 10.2 Å². The van der Waals surface area contributed by atoms with Crippen LogP contribution in [0.5, 0.6) is 0 Å². The summed E-state index contributed by atoms with van der Waals surface area (Å²) in [7, 11) is 0. The van der Waals surface area contributed by atoms with E-state index in [1.54, 1.807) is 23.7 Å². The van der Waals surface area contributed by atoms with Crippen molar-refractivity contribution in [2.75, 3.05) is 10.6 Å². The van der Waals surface area contributed by atoms with Crippen LogP contribution < -0.4 is 10.6 Å². The zero-order valence-electron chi connectivity index (χ0n) is 11.8. The molecule has 1 aliphatic heterocycles. The van der Waals surface area contributed by atoms with E-state index >= 15 is 0 Å². The molecule has 6 heteroatoms. The van der Waals surface area contributed by atoms with Crippen molar-refractivity contribution in [2.24, 2.45) is 0 Å². The number of hydrogen-bond donors (Lipinski definition) is 2. The van der Waals surface area contributed by atoms with Crippen molar-refractivity contribution in [3.8, 4) is 0 Å². The van der Waals surface area contributed by atoms with Gasteiger partial charge in [0.25, 0.3) is 5.91 Å². The Kier molecular flexibility index (Phi) is 3.25. The van der Waals surface area contributed by atoms with Crippen molar-refractivity contribution < 1.29 is 9.59 Å². The molecule has 2 amide bonds. The van der Waals surface area contributed by atoms with Crippen molar-refractivity contribution in [1.29, 1.82) is 0 Å². The number of carbonyl (C=O) groups excluding carboxylic acids is 2. The number of anilines is 2. The van der Waals surface area contributed by atoms with E-state index in [0.717, 1.165) is 11.3 Å². The summed E-state index contributed by atoms with van der Waals surface area (Å²) in [6, 6.07) is 5.34. The van der Waals surface area contributed by atoms with Gasteiger partial charge in [0.2, 0.25) is 5.91 Å². The maximum atomic E-state index is 12.2. The van der Waals surface area contributed by atoms with Crippen LogP contribution in [0.4, 0.5) is 10.8 Å². The van der Waals surface area contributed by atoms with Gasteiger partial charge in [-0.1, -0.05) is 13.8 Å². The van der Waals surface area contributed by atoms with Gasteiger partial charge in [0.15, 0.2) is 5.13 Å². The Morgan fingerprint density at radius 3 is 2.95 bits per heavy atom. The molecule has 0 fully saturated rings. The van der Waals surface area contributed by atoms with Crippen LogP contribution in [0, 0.1) is 0 Å². The maximum absolute atomic E-state index is 12.2. The summed E-state index contributed by atoms with van der Waals surface area (Å²) in [6.07, 6.45) is 2.06. The molecule has 0 saturated heterocycles. The predicted octanol–water partition coefficient (Wildman–Crippen LogP) is 3.02. The van der Waals surface area contributed by atoms with Crippen LogP contribution in [0.25, 0.3) is 0 Å². The first-order valence-electron chi connectivity index (χ1n) is 6.61. The quantitative estimate of drug-likeness (QED) is 0.895. The van der Waals surface area contributed by atoms with Gasteiger partial charge in [-0.15, -0.1) is 11.3 Å². The summed E-state index contributed by atoms with van der Waals surface area (Å²) in [6.45, 7) is 4.01. The first-order valence-corrected chi connectivity index (χ1v) is 7.49. The van der Waals surface area contributed by atoms with Gasteiger partial charge in [-0.25, -0.2) is 4.98 Å². The molecule has 2 heterocycles. The lowest BCUT2D eigenvalue weighted by molar-refractivity contribution is -0.117. The van der Waals surface area contributed by atoms with Gasteiger partial charge in [-0.2, -0.15) is 0 Å². The fourth-order valence-electron chi connectivity index (χ4n) is 2.50. The van der Waals surface area contributed by atoms with Gasteiger partial charge in [-0.3, -0.25) is 14.9 Å². The third kappa shape index (κ3) is 2.67. The molecule has 1 aromatic carbocycles. The average molecular weight is 301 g/mol. The van der Waals surface area contributed by atoms with E-state index in [4.69, 9.17) is 0 Å². The number of hydrogen-bond acceptors (Lipinski definition) is 4. The molecular formula is C15H15N3O2S.